The van der Waals surface area contributed by atoms with E-state index in [2.05, 4.69) is 0 Å². The molecule has 0 spiro atoms. The molecular formula is C30H34O7. The predicted molar refractivity (Wildman–Crippen MR) is 140 cm³/mol. The van der Waals surface area contributed by atoms with Crippen molar-refractivity contribution in [3.63, 3.8) is 0 Å². The number of phenolic OH excluding ortho intramolecular Hbond substituents is 3. The molecule has 2 heterocycles. The molecule has 0 saturated carbocycles. The van der Waals surface area contributed by atoms with E-state index in [4.69, 9.17) is 9.47 Å². The third-order valence-electron chi connectivity index (χ3n) is 6.84. The third-order valence-corrected chi connectivity index (χ3v) is 6.84. The minimum Gasteiger partial charge on any atom is -0.508 e. The Bertz CT molecular complexity index is 1370. The first-order valence-electron chi connectivity index (χ1n) is 12.3. The molecule has 7 nitrogen and oxygen atoms in total. The lowest BCUT2D eigenvalue weighted by atomic mass is 9.76. The van der Waals surface area contributed by atoms with Gasteiger partial charge in [0.05, 0.1) is 0 Å². The molecule has 0 aromatic heterocycles. The lowest BCUT2D eigenvalue weighted by Crippen LogP contribution is -2.62. The summed E-state index contributed by atoms with van der Waals surface area (Å²) in [5, 5.41) is 44.6. The summed E-state index contributed by atoms with van der Waals surface area (Å²) < 4.78 is 12.4. The van der Waals surface area contributed by atoms with Gasteiger partial charge < -0.3 is 29.9 Å². The van der Waals surface area contributed by atoms with Gasteiger partial charge in [-0.1, -0.05) is 34.9 Å². The van der Waals surface area contributed by atoms with Crippen molar-refractivity contribution in [2.45, 2.75) is 72.2 Å². The molecule has 0 saturated heterocycles. The number of ether oxygens (including phenoxy) is 2. The van der Waals surface area contributed by atoms with Gasteiger partial charge in [0.1, 0.15) is 34.3 Å². The summed E-state index contributed by atoms with van der Waals surface area (Å²) in [4.78, 5) is 14.1. The highest BCUT2D eigenvalue weighted by Crippen LogP contribution is 2.60. The topological polar surface area (TPSA) is 116 Å². The fourth-order valence-electron chi connectivity index (χ4n) is 4.82. The zero-order chi connectivity index (χ0) is 27.3. The number of hydrogen-bond acceptors (Lipinski definition) is 7. The van der Waals surface area contributed by atoms with E-state index in [1.54, 1.807) is 6.07 Å². The second-order valence-corrected chi connectivity index (χ2v) is 10.5. The Balaban J connectivity index is 2.06. The van der Waals surface area contributed by atoms with Crippen molar-refractivity contribution in [2.75, 3.05) is 0 Å². The van der Waals surface area contributed by atoms with Gasteiger partial charge in [0.15, 0.2) is 0 Å². The van der Waals surface area contributed by atoms with Crippen molar-refractivity contribution >= 4 is 5.78 Å². The van der Waals surface area contributed by atoms with E-state index in [9.17, 15) is 25.2 Å². The second-order valence-electron chi connectivity index (χ2n) is 10.5. The average molecular weight is 507 g/mol. The van der Waals surface area contributed by atoms with Gasteiger partial charge in [0.25, 0.3) is 0 Å². The van der Waals surface area contributed by atoms with Crippen molar-refractivity contribution < 1.29 is 34.7 Å². The summed E-state index contributed by atoms with van der Waals surface area (Å²) in [7, 11) is 0. The molecule has 4 rings (SSSR count). The van der Waals surface area contributed by atoms with Crippen LogP contribution < -0.4 is 9.47 Å². The molecule has 2 aliphatic rings. The van der Waals surface area contributed by atoms with Gasteiger partial charge in [-0.05, 0) is 66.5 Å². The predicted octanol–water partition coefficient (Wildman–Crippen LogP) is 5.73. The van der Waals surface area contributed by atoms with Crippen molar-refractivity contribution in [2.24, 2.45) is 0 Å². The lowest BCUT2D eigenvalue weighted by molar-refractivity contribution is -0.202. The molecule has 2 atom stereocenters. The summed E-state index contributed by atoms with van der Waals surface area (Å²) in [6, 6.07) is 4.31. The standard InChI is InChI=1S/C30H34O7/c1-16(2)7-10-20-25(32)21(11-8-17(3)4)27-24(26(20)33)28(34)30(35)29(37-27,14-13-18(5)6)22-12-9-19(31)15-23(22)36-30/h7-9,12-13,15,31-33,35H,10-11,14H2,1-6H3/t29-,30-/m1/s1. The van der Waals surface area contributed by atoms with Crippen LogP contribution in [-0.4, -0.2) is 32.0 Å². The number of rotatable bonds is 6. The molecule has 0 unspecified atom stereocenters. The maximum atomic E-state index is 14.1. The minimum absolute atomic E-state index is 0.00908. The Morgan fingerprint density at radius 2 is 1.43 bits per heavy atom. The van der Waals surface area contributed by atoms with E-state index in [1.807, 2.05) is 59.8 Å². The number of hydrogen-bond donors (Lipinski definition) is 4. The SMILES string of the molecule is CC(C)=CCc1c(O)c(CC=C(C)C)c2c(c1O)C(=O)[C@@]1(O)Oc3cc(O)ccc3[C@@]1(CC=C(C)C)O2. The highest BCUT2D eigenvalue weighted by Gasteiger charge is 2.70. The Labute approximate surface area is 217 Å². The second kappa shape index (κ2) is 9.30. The van der Waals surface area contributed by atoms with Crippen LogP contribution in [0.1, 0.15) is 75.0 Å². The van der Waals surface area contributed by atoms with Crippen LogP contribution in [0.2, 0.25) is 0 Å². The molecule has 0 fully saturated rings. The molecule has 196 valence electrons. The molecule has 2 aliphatic heterocycles. The van der Waals surface area contributed by atoms with Crippen LogP contribution in [0.4, 0.5) is 0 Å². The van der Waals surface area contributed by atoms with Crippen LogP contribution in [-0.2, 0) is 18.4 Å². The number of carbonyl (C=O) groups is 1. The molecule has 7 heteroatoms. The van der Waals surface area contributed by atoms with E-state index in [0.717, 1.165) is 16.7 Å². The zero-order valence-electron chi connectivity index (χ0n) is 22.1. The van der Waals surface area contributed by atoms with Crippen LogP contribution in [0.5, 0.6) is 28.7 Å². The molecule has 2 aromatic rings. The molecule has 4 N–H and O–H groups in total. The Hall–Kier alpha value is -3.71. The summed E-state index contributed by atoms with van der Waals surface area (Å²) in [5.74, 6) is -4.00. The highest BCUT2D eigenvalue weighted by molar-refractivity contribution is 6.09. The average Bonchev–Trinajstić information content (AvgIpc) is 3.05. The minimum atomic E-state index is -2.52. The first kappa shape index (κ1) is 26.4. The maximum absolute atomic E-state index is 14.1. The largest absolute Gasteiger partial charge is 0.508 e. The fraction of sp³-hybridized carbons (Fsp3) is 0.367. The Morgan fingerprint density at radius 3 is 2.03 bits per heavy atom. The van der Waals surface area contributed by atoms with Crippen LogP contribution in [0.3, 0.4) is 0 Å². The normalized spacial score (nSPS) is 21.1. The van der Waals surface area contributed by atoms with Crippen LogP contribution >= 0.6 is 0 Å². The molecule has 0 amide bonds. The molecule has 2 aromatic carbocycles. The van der Waals surface area contributed by atoms with Gasteiger partial charge in [0.2, 0.25) is 11.4 Å². The van der Waals surface area contributed by atoms with Crippen molar-refractivity contribution in [1.82, 2.24) is 0 Å². The van der Waals surface area contributed by atoms with Gasteiger partial charge in [-0.2, -0.15) is 0 Å². The van der Waals surface area contributed by atoms with E-state index >= 15 is 0 Å². The van der Waals surface area contributed by atoms with Crippen LogP contribution in [0.25, 0.3) is 0 Å². The number of phenols is 3. The molecule has 0 aliphatic carbocycles. The first-order valence-corrected chi connectivity index (χ1v) is 12.3. The van der Waals surface area contributed by atoms with E-state index < -0.39 is 22.9 Å². The number of Topliss-reactive ketones (excluding diaryl/α,β-unsaturated/α-hetero) is 1. The molecule has 37 heavy (non-hydrogen) atoms. The van der Waals surface area contributed by atoms with Gasteiger partial charge in [-0.15, -0.1) is 0 Å². The number of fused-ring (bicyclic) bond motifs is 4. The summed E-state index contributed by atoms with van der Waals surface area (Å²) in [6.45, 7) is 11.4. The van der Waals surface area contributed by atoms with Crippen LogP contribution in [0.15, 0.2) is 53.1 Å². The van der Waals surface area contributed by atoms with Gasteiger partial charge >= 0.3 is 5.79 Å². The summed E-state index contributed by atoms with van der Waals surface area (Å²) >= 11 is 0. The third kappa shape index (κ3) is 4.17. The van der Waals surface area contributed by atoms with Gasteiger partial charge in [0, 0.05) is 29.2 Å². The zero-order valence-corrected chi connectivity index (χ0v) is 22.1. The van der Waals surface area contributed by atoms with Gasteiger partial charge in [-0.3, -0.25) is 4.79 Å². The Kier molecular flexibility index (Phi) is 6.63. The van der Waals surface area contributed by atoms with Crippen molar-refractivity contribution in [1.29, 1.82) is 0 Å². The first-order chi connectivity index (χ1) is 17.3. The smallest absolute Gasteiger partial charge is 0.318 e. The molecule has 0 radical (unpaired) electrons. The number of aromatic hydroxyl groups is 3. The van der Waals surface area contributed by atoms with Crippen LogP contribution in [0, 0.1) is 0 Å². The highest BCUT2D eigenvalue weighted by atomic mass is 16.7. The number of benzene rings is 2. The number of allylic oxidation sites excluding steroid dienone is 5. The molecule has 0 bridgehead atoms. The molecular weight excluding hydrogens is 472 g/mol. The summed E-state index contributed by atoms with van der Waals surface area (Å²) in [5.41, 5.74) is 1.83. The van der Waals surface area contributed by atoms with E-state index in [1.165, 1.54) is 12.1 Å². The van der Waals surface area contributed by atoms with E-state index in [-0.39, 0.29) is 53.4 Å². The maximum Gasteiger partial charge on any atom is 0.318 e. The van der Waals surface area contributed by atoms with E-state index in [0.29, 0.717) is 11.1 Å². The monoisotopic (exact) mass is 506 g/mol. The van der Waals surface area contributed by atoms with Crippen molar-refractivity contribution in [3.05, 3.63) is 75.4 Å². The van der Waals surface area contributed by atoms with Crippen molar-refractivity contribution in [3.8, 4) is 28.7 Å². The fourth-order valence-corrected chi connectivity index (χ4v) is 4.82. The number of carbonyl (C=O) groups excluding carboxylic acids is 1. The lowest BCUT2D eigenvalue weighted by Gasteiger charge is -2.44. The summed E-state index contributed by atoms with van der Waals surface area (Å²) in [6.07, 6.45) is 6.04. The number of ketones is 1. The Morgan fingerprint density at radius 1 is 0.838 bits per heavy atom. The van der Waals surface area contributed by atoms with Gasteiger partial charge in [-0.25, -0.2) is 0 Å². The quantitative estimate of drug-likeness (QED) is 0.370. The number of aliphatic hydroxyl groups is 1.